The van der Waals surface area contributed by atoms with E-state index in [1.165, 1.54) is 24.2 Å². The first kappa shape index (κ1) is 14.4. The minimum absolute atomic E-state index is 0.0184. The topological polar surface area (TPSA) is 37.4 Å². The second-order valence-electron chi connectivity index (χ2n) is 8.09. The molecule has 6 atom stereocenters. The van der Waals surface area contributed by atoms with Crippen LogP contribution in [0.5, 0.6) is 0 Å². The Bertz CT molecular complexity index is 721. The van der Waals surface area contributed by atoms with Gasteiger partial charge in [-0.3, -0.25) is 14.5 Å². The highest BCUT2D eigenvalue weighted by Gasteiger charge is 2.59. The molecule has 1 aromatic carbocycles. The van der Waals surface area contributed by atoms with Gasteiger partial charge in [-0.15, -0.1) is 0 Å². The molecule has 1 saturated heterocycles. The van der Waals surface area contributed by atoms with Crippen molar-refractivity contribution in [1.29, 1.82) is 0 Å². The number of para-hydroxylation sites is 1. The molecule has 24 heavy (non-hydrogen) atoms. The Kier molecular flexibility index (Phi) is 2.89. The molecule has 1 heterocycles. The highest BCUT2D eigenvalue weighted by molar-refractivity contribution is 6.22. The Morgan fingerprint density at radius 2 is 1.33 bits per heavy atom. The maximum absolute atomic E-state index is 13.2. The number of nitrogens with zero attached hydrogens (tertiary/aromatic N) is 1. The van der Waals surface area contributed by atoms with Gasteiger partial charge in [0.25, 0.3) is 0 Å². The first-order chi connectivity index (χ1) is 11.6. The zero-order chi connectivity index (χ0) is 16.6. The van der Waals surface area contributed by atoms with Gasteiger partial charge in [0.15, 0.2) is 0 Å². The summed E-state index contributed by atoms with van der Waals surface area (Å²) in [5.74, 6) is 1.52. The van der Waals surface area contributed by atoms with Crippen molar-refractivity contribution in [3.63, 3.8) is 0 Å². The van der Waals surface area contributed by atoms with E-state index in [2.05, 4.69) is 13.8 Å². The molecule has 2 fully saturated rings. The summed E-state index contributed by atoms with van der Waals surface area (Å²) >= 11 is 0. The Hall–Kier alpha value is -1.90. The fourth-order valence-corrected chi connectivity index (χ4v) is 6.27. The van der Waals surface area contributed by atoms with E-state index >= 15 is 0 Å². The smallest absolute Gasteiger partial charge is 0.238 e. The molecular weight excluding hydrogens is 298 g/mol. The predicted octanol–water partition coefficient (Wildman–Crippen LogP) is 3.80. The van der Waals surface area contributed by atoms with Crippen LogP contribution in [0.4, 0.5) is 5.69 Å². The molecule has 2 amide bonds. The lowest BCUT2D eigenvalue weighted by Crippen LogP contribution is -2.38. The molecular formula is C21H23NO2. The van der Waals surface area contributed by atoms with Crippen molar-refractivity contribution >= 4 is 17.5 Å². The average Bonchev–Trinajstić information content (AvgIpc) is 3.26. The van der Waals surface area contributed by atoms with Crippen LogP contribution in [0.15, 0.2) is 41.5 Å². The zero-order valence-electron chi connectivity index (χ0n) is 14.2. The Morgan fingerprint density at radius 3 is 1.83 bits per heavy atom. The largest absolute Gasteiger partial charge is 0.274 e. The lowest BCUT2D eigenvalue weighted by Gasteiger charge is -2.39. The van der Waals surface area contributed by atoms with Crippen molar-refractivity contribution in [3.05, 3.63) is 41.5 Å². The van der Waals surface area contributed by atoms with Gasteiger partial charge in [0.05, 0.1) is 17.5 Å². The third-order valence-electron chi connectivity index (χ3n) is 7.12. The first-order valence-corrected chi connectivity index (χ1v) is 9.26. The number of carbonyl (C=O) groups excluding carboxylic acids is 2. The quantitative estimate of drug-likeness (QED) is 0.583. The van der Waals surface area contributed by atoms with E-state index in [-0.39, 0.29) is 35.5 Å². The van der Waals surface area contributed by atoms with E-state index in [0.29, 0.717) is 11.8 Å². The van der Waals surface area contributed by atoms with Crippen LogP contribution in [0.1, 0.15) is 33.1 Å². The van der Waals surface area contributed by atoms with Gasteiger partial charge >= 0.3 is 0 Å². The van der Waals surface area contributed by atoms with Crippen LogP contribution in [0.2, 0.25) is 0 Å². The molecule has 1 aliphatic heterocycles. The number of hydrogen-bond donors (Lipinski definition) is 0. The summed E-state index contributed by atoms with van der Waals surface area (Å²) in [6.45, 7) is 4.39. The predicted molar refractivity (Wildman–Crippen MR) is 92.1 cm³/mol. The van der Waals surface area contributed by atoms with Crippen molar-refractivity contribution in [3.8, 4) is 0 Å². The number of amides is 2. The van der Waals surface area contributed by atoms with Gasteiger partial charge in [-0.1, -0.05) is 43.2 Å². The molecule has 3 nitrogen and oxygen atoms in total. The molecule has 3 heteroatoms. The monoisotopic (exact) mass is 321 g/mol. The molecule has 4 aliphatic rings. The maximum Gasteiger partial charge on any atom is 0.238 e. The fourth-order valence-electron chi connectivity index (χ4n) is 6.27. The molecule has 2 bridgehead atoms. The van der Waals surface area contributed by atoms with Crippen molar-refractivity contribution in [2.75, 3.05) is 4.90 Å². The van der Waals surface area contributed by atoms with Crippen LogP contribution in [-0.4, -0.2) is 11.8 Å². The summed E-state index contributed by atoms with van der Waals surface area (Å²) in [6, 6.07) is 9.44. The molecule has 0 N–H and O–H groups in total. The number of rotatable bonds is 1. The number of allylic oxidation sites excluding steroid dienone is 2. The normalized spacial score (nSPS) is 40.3. The van der Waals surface area contributed by atoms with Crippen molar-refractivity contribution in [2.45, 2.75) is 33.1 Å². The third-order valence-corrected chi connectivity index (χ3v) is 7.12. The van der Waals surface area contributed by atoms with Crippen LogP contribution in [-0.2, 0) is 9.59 Å². The van der Waals surface area contributed by atoms with Gasteiger partial charge in [0.1, 0.15) is 0 Å². The zero-order valence-corrected chi connectivity index (χ0v) is 14.2. The first-order valence-electron chi connectivity index (χ1n) is 9.26. The van der Waals surface area contributed by atoms with E-state index in [1.54, 1.807) is 11.1 Å². The molecule has 0 unspecified atom stereocenters. The summed E-state index contributed by atoms with van der Waals surface area (Å²) in [7, 11) is 0. The van der Waals surface area contributed by atoms with Gasteiger partial charge in [-0.2, -0.15) is 0 Å². The van der Waals surface area contributed by atoms with Crippen LogP contribution < -0.4 is 4.90 Å². The van der Waals surface area contributed by atoms with Crippen molar-refractivity contribution < 1.29 is 9.59 Å². The second-order valence-corrected chi connectivity index (χ2v) is 8.09. The van der Waals surface area contributed by atoms with Crippen LogP contribution >= 0.6 is 0 Å². The van der Waals surface area contributed by atoms with Gasteiger partial charge in [0, 0.05) is 0 Å². The lowest BCUT2D eigenvalue weighted by atomic mass is 9.62. The van der Waals surface area contributed by atoms with Gasteiger partial charge in [0.2, 0.25) is 11.8 Å². The maximum atomic E-state index is 13.2. The Labute approximate surface area is 142 Å². The van der Waals surface area contributed by atoms with Crippen LogP contribution in [0.3, 0.4) is 0 Å². The van der Waals surface area contributed by atoms with E-state index < -0.39 is 0 Å². The molecule has 3 aliphatic carbocycles. The molecule has 0 spiro atoms. The number of fused-ring (bicyclic) bond motifs is 5. The average molecular weight is 321 g/mol. The number of carbonyl (C=O) groups is 2. The summed E-state index contributed by atoms with van der Waals surface area (Å²) in [5, 5.41) is 0. The third kappa shape index (κ3) is 1.63. The van der Waals surface area contributed by atoms with Crippen LogP contribution in [0, 0.1) is 35.5 Å². The van der Waals surface area contributed by atoms with E-state index in [1.807, 2.05) is 30.3 Å². The molecule has 0 aromatic heterocycles. The Balaban J connectivity index is 1.60. The van der Waals surface area contributed by atoms with E-state index in [9.17, 15) is 9.59 Å². The number of benzene rings is 1. The Morgan fingerprint density at radius 1 is 0.833 bits per heavy atom. The van der Waals surface area contributed by atoms with Gasteiger partial charge in [-0.25, -0.2) is 0 Å². The molecule has 0 radical (unpaired) electrons. The summed E-state index contributed by atoms with van der Waals surface area (Å²) in [5.41, 5.74) is 3.83. The fraction of sp³-hybridized carbons (Fsp3) is 0.524. The second kappa shape index (κ2) is 4.81. The van der Waals surface area contributed by atoms with E-state index in [4.69, 9.17) is 0 Å². The van der Waals surface area contributed by atoms with Crippen molar-refractivity contribution in [2.24, 2.45) is 35.5 Å². The van der Waals surface area contributed by atoms with Gasteiger partial charge < -0.3 is 0 Å². The highest BCUT2D eigenvalue weighted by atomic mass is 16.2. The number of hydrogen-bond acceptors (Lipinski definition) is 2. The van der Waals surface area contributed by atoms with Crippen LogP contribution in [0.25, 0.3) is 0 Å². The standard InChI is InChI=1S/C21H23NO2/c1-11-16-13-8-9-14(10-13)17(16)12(2)19-18(11)20(23)22(21(19)24)15-6-4-3-5-7-15/h3-7,11-14,18-19H,8-10H2,1-2H3/t11-,12+,13-,14-,18+,19+/m0/s1. The molecule has 124 valence electrons. The minimum atomic E-state index is -0.161. The number of anilines is 1. The van der Waals surface area contributed by atoms with Gasteiger partial charge in [-0.05, 0) is 55.1 Å². The van der Waals surface area contributed by atoms with E-state index in [0.717, 1.165) is 5.69 Å². The minimum Gasteiger partial charge on any atom is -0.274 e. The molecule has 1 aromatic rings. The summed E-state index contributed by atoms with van der Waals surface area (Å²) in [4.78, 5) is 27.8. The SMILES string of the molecule is C[C@@H]1C2=C([C@H]3CC[C@H]2C3)[C@H](C)[C@H]2C(=O)N(c3ccccc3)C(=O)[C@@H]21. The van der Waals surface area contributed by atoms with Crippen molar-refractivity contribution in [1.82, 2.24) is 0 Å². The molecule has 1 saturated carbocycles. The lowest BCUT2D eigenvalue weighted by molar-refractivity contribution is -0.122. The highest BCUT2D eigenvalue weighted by Crippen LogP contribution is 2.61. The molecule has 5 rings (SSSR count). The summed E-state index contributed by atoms with van der Waals surface area (Å²) in [6.07, 6.45) is 3.83. The number of imide groups is 1. The summed E-state index contributed by atoms with van der Waals surface area (Å²) < 4.78 is 0.